The molecule has 0 radical (unpaired) electrons. The average molecular weight is 348 g/mol. The lowest BCUT2D eigenvalue weighted by Crippen LogP contribution is -1.95. The smallest absolute Gasteiger partial charge is 0.234 e. The van der Waals surface area contributed by atoms with Gasteiger partial charge in [-0.3, -0.25) is 9.38 Å². The quantitative estimate of drug-likeness (QED) is 0.552. The number of nitrogens with zero attached hydrogens (tertiary/aromatic N) is 4. The van der Waals surface area contributed by atoms with E-state index >= 15 is 0 Å². The molecule has 0 N–H and O–H groups in total. The Kier molecular flexibility index (Phi) is 4.08. The fourth-order valence-corrected chi connectivity index (χ4v) is 2.98. The number of imidazole rings is 1. The number of fused-ring (bicyclic) bond motifs is 1. The Morgan fingerprint density at radius 3 is 2.73 bits per heavy atom. The lowest BCUT2D eigenvalue weighted by atomic mass is 10.0. The molecule has 6 heteroatoms. The second kappa shape index (κ2) is 6.55. The highest BCUT2D eigenvalue weighted by Crippen LogP contribution is 2.34. The van der Waals surface area contributed by atoms with Crippen molar-refractivity contribution in [3.05, 3.63) is 66.5 Å². The van der Waals surface area contributed by atoms with E-state index in [9.17, 15) is 4.39 Å². The van der Waals surface area contributed by atoms with Crippen LogP contribution in [0.15, 0.2) is 55.0 Å². The monoisotopic (exact) mass is 348 g/mol. The lowest BCUT2D eigenvalue weighted by molar-refractivity contribution is 0.321. The first-order valence-electron chi connectivity index (χ1n) is 8.36. The highest BCUT2D eigenvalue weighted by atomic mass is 19.1. The fourth-order valence-electron chi connectivity index (χ4n) is 2.98. The second-order valence-electron chi connectivity index (χ2n) is 5.86. The molecule has 3 heterocycles. The van der Waals surface area contributed by atoms with E-state index in [2.05, 4.69) is 15.0 Å². The van der Waals surface area contributed by atoms with Crippen molar-refractivity contribution in [2.24, 2.45) is 0 Å². The first kappa shape index (κ1) is 16.2. The maximum absolute atomic E-state index is 14.4. The molecule has 5 nitrogen and oxygen atoms in total. The minimum atomic E-state index is -0.411. The minimum Gasteiger partial charge on any atom is -0.491 e. The number of halogens is 1. The largest absolute Gasteiger partial charge is 0.491 e. The van der Waals surface area contributed by atoms with Gasteiger partial charge < -0.3 is 4.74 Å². The van der Waals surface area contributed by atoms with Crippen LogP contribution in [0.1, 0.15) is 12.6 Å². The first-order valence-corrected chi connectivity index (χ1v) is 8.36. The summed E-state index contributed by atoms with van der Waals surface area (Å²) in [6, 6.07) is 10.6. The highest BCUT2D eigenvalue weighted by Gasteiger charge is 2.18. The third-order valence-corrected chi connectivity index (χ3v) is 4.08. The number of ether oxygens (including phenoxy) is 1. The number of aromatic nitrogens is 4. The Morgan fingerprint density at radius 2 is 1.96 bits per heavy atom. The van der Waals surface area contributed by atoms with Crippen molar-refractivity contribution in [1.82, 2.24) is 19.4 Å². The van der Waals surface area contributed by atoms with E-state index in [0.717, 1.165) is 17.0 Å². The zero-order valence-corrected chi connectivity index (χ0v) is 14.5. The van der Waals surface area contributed by atoms with Crippen molar-refractivity contribution in [3.8, 4) is 28.3 Å². The van der Waals surface area contributed by atoms with Gasteiger partial charge in [0.1, 0.15) is 0 Å². The molecule has 0 fully saturated rings. The van der Waals surface area contributed by atoms with Crippen molar-refractivity contribution < 1.29 is 9.13 Å². The molecular weight excluding hydrogens is 331 g/mol. The van der Waals surface area contributed by atoms with E-state index in [4.69, 9.17) is 4.74 Å². The molecule has 130 valence electrons. The number of rotatable bonds is 4. The molecule has 0 aliphatic heterocycles. The standard InChI is InChI=1S/C20H17FN4O/c1-3-26-17-6-5-14(12-16(17)21)18-19(15-7-9-22-13(2)11-15)25-10-4-8-23-20(25)24-18/h4-12H,3H2,1-2H3. The van der Waals surface area contributed by atoms with Gasteiger partial charge in [-0.1, -0.05) is 0 Å². The summed E-state index contributed by atoms with van der Waals surface area (Å²) in [5.41, 5.74) is 4.02. The van der Waals surface area contributed by atoms with Crippen LogP contribution in [0.5, 0.6) is 5.75 Å². The van der Waals surface area contributed by atoms with Crippen molar-refractivity contribution in [2.75, 3.05) is 6.61 Å². The predicted octanol–water partition coefficient (Wildman–Crippen LogP) is 4.30. The summed E-state index contributed by atoms with van der Waals surface area (Å²) in [6.07, 6.45) is 5.34. The number of pyridine rings is 1. The van der Waals surface area contributed by atoms with Gasteiger partial charge in [0, 0.05) is 35.4 Å². The highest BCUT2D eigenvalue weighted by molar-refractivity contribution is 5.81. The van der Waals surface area contributed by atoms with Gasteiger partial charge in [0.2, 0.25) is 5.78 Å². The lowest BCUT2D eigenvalue weighted by Gasteiger charge is -2.08. The van der Waals surface area contributed by atoms with Gasteiger partial charge in [-0.15, -0.1) is 0 Å². The van der Waals surface area contributed by atoms with E-state index in [1.807, 2.05) is 48.7 Å². The number of aryl methyl sites for hydroxylation is 1. The Labute approximate surface area is 150 Å². The van der Waals surface area contributed by atoms with Crippen LogP contribution < -0.4 is 4.74 Å². The van der Waals surface area contributed by atoms with E-state index < -0.39 is 5.82 Å². The molecule has 0 saturated carbocycles. The zero-order valence-electron chi connectivity index (χ0n) is 14.5. The third-order valence-electron chi connectivity index (χ3n) is 4.08. The normalized spacial score (nSPS) is 11.0. The Balaban J connectivity index is 1.95. The molecule has 4 rings (SSSR count). The number of hydrogen-bond donors (Lipinski definition) is 0. The van der Waals surface area contributed by atoms with E-state index in [0.29, 0.717) is 23.6 Å². The van der Waals surface area contributed by atoms with Crippen LogP contribution in [0, 0.1) is 12.7 Å². The molecule has 0 spiro atoms. The van der Waals surface area contributed by atoms with Crippen LogP contribution >= 0.6 is 0 Å². The molecule has 4 aromatic rings. The molecule has 0 unspecified atom stereocenters. The predicted molar refractivity (Wildman–Crippen MR) is 97.5 cm³/mol. The van der Waals surface area contributed by atoms with Crippen molar-refractivity contribution >= 4 is 5.78 Å². The summed E-state index contributed by atoms with van der Waals surface area (Å²) in [4.78, 5) is 13.2. The fraction of sp³-hybridized carbons (Fsp3) is 0.150. The summed E-state index contributed by atoms with van der Waals surface area (Å²) >= 11 is 0. The SMILES string of the molecule is CCOc1ccc(-c2nc3ncccn3c2-c2ccnc(C)c2)cc1F. The van der Waals surface area contributed by atoms with E-state index in [1.165, 1.54) is 6.07 Å². The van der Waals surface area contributed by atoms with Gasteiger partial charge in [0.15, 0.2) is 11.6 Å². The van der Waals surface area contributed by atoms with Crippen LogP contribution in [-0.2, 0) is 0 Å². The summed E-state index contributed by atoms with van der Waals surface area (Å²) < 4.78 is 21.6. The Bertz CT molecular complexity index is 1090. The zero-order chi connectivity index (χ0) is 18.1. The second-order valence-corrected chi connectivity index (χ2v) is 5.86. The first-order chi connectivity index (χ1) is 12.7. The van der Waals surface area contributed by atoms with Crippen molar-refractivity contribution in [1.29, 1.82) is 0 Å². The van der Waals surface area contributed by atoms with Crippen LogP contribution in [-0.4, -0.2) is 26.0 Å². The Morgan fingerprint density at radius 1 is 1.08 bits per heavy atom. The summed E-state index contributed by atoms with van der Waals surface area (Å²) in [5.74, 6) is 0.381. The van der Waals surface area contributed by atoms with Crippen LogP contribution in [0.25, 0.3) is 28.3 Å². The molecular formula is C20H17FN4O. The van der Waals surface area contributed by atoms with Gasteiger partial charge in [-0.05, 0) is 50.2 Å². The summed E-state index contributed by atoms with van der Waals surface area (Å²) in [6.45, 7) is 4.17. The van der Waals surface area contributed by atoms with Crippen molar-refractivity contribution in [2.45, 2.75) is 13.8 Å². The van der Waals surface area contributed by atoms with Crippen LogP contribution in [0.3, 0.4) is 0 Å². The van der Waals surface area contributed by atoms with Gasteiger partial charge in [-0.25, -0.2) is 14.4 Å². The van der Waals surface area contributed by atoms with Crippen molar-refractivity contribution in [3.63, 3.8) is 0 Å². The van der Waals surface area contributed by atoms with Crippen LogP contribution in [0.2, 0.25) is 0 Å². The molecule has 0 atom stereocenters. The average Bonchev–Trinajstić information content (AvgIpc) is 3.03. The maximum atomic E-state index is 14.4. The van der Waals surface area contributed by atoms with Gasteiger partial charge in [0.25, 0.3) is 0 Å². The molecule has 0 aliphatic carbocycles. The molecule has 0 aliphatic rings. The molecule has 26 heavy (non-hydrogen) atoms. The van der Waals surface area contributed by atoms with E-state index in [1.54, 1.807) is 18.5 Å². The molecule has 0 amide bonds. The number of hydrogen-bond acceptors (Lipinski definition) is 4. The van der Waals surface area contributed by atoms with Gasteiger partial charge in [0.05, 0.1) is 18.0 Å². The summed E-state index contributed by atoms with van der Waals surface area (Å²) in [5, 5.41) is 0. The maximum Gasteiger partial charge on any atom is 0.234 e. The topological polar surface area (TPSA) is 52.3 Å². The molecule has 0 saturated heterocycles. The third kappa shape index (κ3) is 2.79. The molecule has 0 bridgehead atoms. The molecule has 1 aromatic carbocycles. The van der Waals surface area contributed by atoms with Crippen LogP contribution in [0.4, 0.5) is 4.39 Å². The van der Waals surface area contributed by atoms with E-state index in [-0.39, 0.29) is 5.75 Å². The van der Waals surface area contributed by atoms with Gasteiger partial charge in [-0.2, -0.15) is 0 Å². The molecule has 3 aromatic heterocycles. The Hall–Kier alpha value is -3.28. The van der Waals surface area contributed by atoms with Gasteiger partial charge >= 0.3 is 0 Å². The number of benzene rings is 1. The minimum absolute atomic E-state index is 0.236. The summed E-state index contributed by atoms with van der Waals surface area (Å²) in [7, 11) is 0.